The molecule has 1 aliphatic heterocycles. The second-order valence-corrected chi connectivity index (χ2v) is 5.47. The Morgan fingerprint density at radius 1 is 1.58 bits per heavy atom. The van der Waals surface area contributed by atoms with Crippen LogP contribution in [0.2, 0.25) is 0 Å². The third kappa shape index (κ3) is 4.59. The molecule has 1 aromatic rings. The Morgan fingerprint density at radius 3 is 3.04 bits per heavy atom. The quantitative estimate of drug-likeness (QED) is 0.716. The molecule has 4 atom stereocenters. The molecule has 24 heavy (non-hydrogen) atoms. The van der Waals surface area contributed by atoms with Crippen LogP contribution in [0.1, 0.15) is 32.4 Å². The molecule has 128 valence electrons. The van der Waals surface area contributed by atoms with Gasteiger partial charge in [0.25, 0.3) is 5.56 Å². The molecular weight excluding hydrogens is 312 g/mol. The second-order valence-electron chi connectivity index (χ2n) is 5.47. The molecule has 2 N–H and O–H groups in total. The second kappa shape index (κ2) is 8.51. The number of nitrogens with zero attached hydrogens (tertiary/aromatic N) is 1. The maximum Gasteiger partial charge on any atom is 0.330 e. The van der Waals surface area contributed by atoms with E-state index < -0.39 is 29.7 Å². The maximum absolute atomic E-state index is 11.8. The van der Waals surface area contributed by atoms with E-state index in [1.807, 2.05) is 6.92 Å². The fraction of sp³-hybridized carbons (Fsp3) is 0.529. The van der Waals surface area contributed by atoms with Crippen LogP contribution in [-0.2, 0) is 9.47 Å². The normalized spacial score (nSPS) is 24.0. The smallest absolute Gasteiger partial charge is 0.330 e. The van der Waals surface area contributed by atoms with Crippen LogP contribution in [0.4, 0.5) is 0 Å². The van der Waals surface area contributed by atoms with Crippen molar-refractivity contribution in [1.29, 1.82) is 0 Å². The fourth-order valence-corrected chi connectivity index (χ4v) is 2.48. The molecule has 0 radical (unpaired) electrons. The highest BCUT2D eigenvalue weighted by atomic mass is 16.6. The van der Waals surface area contributed by atoms with Crippen LogP contribution in [-0.4, -0.2) is 39.6 Å². The van der Waals surface area contributed by atoms with Crippen molar-refractivity contribution in [3.05, 3.63) is 33.1 Å². The molecule has 1 aliphatic rings. The zero-order valence-corrected chi connectivity index (χ0v) is 13.4. The van der Waals surface area contributed by atoms with E-state index in [-0.39, 0.29) is 19.1 Å². The van der Waals surface area contributed by atoms with Crippen molar-refractivity contribution in [1.82, 2.24) is 9.55 Å². The van der Waals surface area contributed by atoms with Crippen molar-refractivity contribution in [2.45, 2.75) is 50.7 Å². The molecule has 1 fully saturated rings. The van der Waals surface area contributed by atoms with Crippen LogP contribution in [0.15, 0.2) is 21.9 Å². The van der Waals surface area contributed by atoms with Crippen LogP contribution < -0.4 is 11.2 Å². The van der Waals surface area contributed by atoms with Gasteiger partial charge in [-0.15, -0.1) is 6.42 Å². The number of nitrogens with one attached hydrogen (secondary N) is 1. The lowest BCUT2D eigenvalue weighted by Crippen LogP contribution is -2.32. The molecule has 7 nitrogen and oxygen atoms in total. The molecule has 2 rings (SSSR count). The van der Waals surface area contributed by atoms with Gasteiger partial charge in [-0.2, -0.15) is 0 Å². The number of aliphatic hydroxyl groups excluding tert-OH is 1. The minimum atomic E-state index is -0.781. The van der Waals surface area contributed by atoms with Gasteiger partial charge in [0.15, 0.2) is 0 Å². The molecule has 0 aromatic carbocycles. The zero-order valence-electron chi connectivity index (χ0n) is 13.4. The first kappa shape index (κ1) is 18.0. The summed E-state index contributed by atoms with van der Waals surface area (Å²) in [5.74, 6) is 7.61. The highest BCUT2D eigenvalue weighted by molar-refractivity contribution is 5.23. The summed E-state index contributed by atoms with van der Waals surface area (Å²) in [4.78, 5) is 25.1. The minimum Gasteiger partial charge on any atom is -0.390 e. The Balaban J connectivity index is 1.99. The van der Waals surface area contributed by atoms with E-state index in [2.05, 4.69) is 22.7 Å². The number of aromatic amines is 1. The first-order valence-corrected chi connectivity index (χ1v) is 7.78. The number of terminal acetylenes is 1. The van der Waals surface area contributed by atoms with Crippen LogP contribution in [0.3, 0.4) is 0 Å². The van der Waals surface area contributed by atoms with E-state index in [1.54, 1.807) is 0 Å². The molecule has 1 aromatic heterocycles. The van der Waals surface area contributed by atoms with Gasteiger partial charge in [0.05, 0.1) is 12.7 Å². The standard InChI is InChI=1S/C17H20N2O5/c1-3-5-7-12(6-4-2)23-11-14-13(20)10-16(24-14)19-9-8-15(21)18-17(19)22/h1,8-9,12-14,16,20H,4,6,10-11H2,2H3,(H,18,21,22)/t12?,13-,14+,16+/m0/s1. The summed E-state index contributed by atoms with van der Waals surface area (Å²) < 4.78 is 12.6. The number of aliphatic hydroxyl groups is 1. The lowest BCUT2D eigenvalue weighted by molar-refractivity contribution is -0.0727. The Morgan fingerprint density at radius 2 is 2.38 bits per heavy atom. The first-order valence-electron chi connectivity index (χ1n) is 7.78. The Hall–Kier alpha value is -2.32. The van der Waals surface area contributed by atoms with Gasteiger partial charge in [0.2, 0.25) is 0 Å². The van der Waals surface area contributed by atoms with Gasteiger partial charge in [0.1, 0.15) is 18.4 Å². The average Bonchev–Trinajstić information content (AvgIpc) is 2.90. The lowest BCUT2D eigenvalue weighted by Gasteiger charge is -2.18. The Bertz CT molecular complexity index is 764. The fourth-order valence-electron chi connectivity index (χ4n) is 2.48. The summed E-state index contributed by atoms with van der Waals surface area (Å²) in [7, 11) is 0. The molecule has 0 spiro atoms. The number of ether oxygens (including phenoxy) is 2. The molecule has 2 heterocycles. The first-order chi connectivity index (χ1) is 11.5. The molecule has 0 saturated carbocycles. The minimum absolute atomic E-state index is 0.139. The molecule has 0 amide bonds. The Kier molecular flexibility index (Phi) is 6.39. The van der Waals surface area contributed by atoms with E-state index in [4.69, 9.17) is 15.9 Å². The number of rotatable bonds is 6. The highest BCUT2D eigenvalue weighted by Gasteiger charge is 2.35. The van der Waals surface area contributed by atoms with Crippen LogP contribution in [0.25, 0.3) is 0 Å². The summed E-state index contributed by atoms with van der Waals surface area (Å²) in [6.07, 6.45) is 5.96. The van der Waals surface area contributed by atoms with Crippen LogP contribution in [0, 0.1) is 24.2 Å². The van der Waals surface area contributed by atoms with Crippen molar-refractivity contribution < 1.29 is 14.6 Å². The van der Waals surface area contributed by atoms with Gasteiger partial charge in [-0.05, 0) is 18.3 Å². The predicted octanol–water partition coefficient (Wildman–Crippen LogP) is 0.00690. The molecule has 0 bridgehead atoms. The lowest BCUT2D eigenvalue weighted by atomic mass is 10.2. The van der Waals surface area contributed by atoms with Gasteiger partial charge in [-0.1, -0.05) is 19.3 Å². The Labute approximate surface area is 139 Å². The van der Waals surface area contributed by atoms with E-state index in [0.29, 0.717) is 0 Å². The van der Waals surface area contributed by atoms with E-state index in [0.717, 1.165) is 12.8 Å². The van der Waals surface area contributed by atoms with Crippen LogP contribution in [0.5, 0.6) is 0 Å². The van der Waals surface area contributed by atoms with Gasteiger partial charge < -0.3 is 14.6 Å². The van der Waals surface area contributed by atoms with Crippen molar-refractivity contribution in [3.63, 3.8) is 0 Å². The predicted molar refractivity (Wildman–Crippen MR) is 87.1 cm³/mol. The number of H-pyrrole nitrogens is 1. The monoisotopic (exact) mass is 332 g/mol. The summed E-state index contributed by atoms with van der Waals surface area (Å²) in [5.41, 5.74) is -1.06. The van der Waals surface area contributed by atoms with E-state index in [9.17, 15) is 14.7 Å². The SMILES string of the molecule is C#CC#CC(CCC)OC[C@H]1O[C@@H](n2ccc(=O)[nH]c2=O)C[C@@H]1O. The summed E-state index contributed by atoms with van der Waals surface area (Å²) in [6.45, 7) is 2.15. The van der Waals surface area contributed by atoms with E-state index in [1.165, 1.54) is 16.8 Å². The highest BCUT2D eigenvalue weighted by Crippen LogP contribution is 2.27. The van der Waals surface area contributed by atoms with Crippen LogP contribution >= 0.6 is 0 Å². The number of hydrogen-bond donors (Lipinski definition) is 2. The van der Waals surface area contributed by atoms with Gasteiger partial charge >= 0.3 is 5.69 Å². The average molecular weight is 332 g/mol. The summed E-state index contributed by atoms with van der Waals surface area (Å²) >= 11 is 0. The largest absolute Gasteiger partial charge is 0.390 e. The molecule has 1 saturated heterocycles. The summed E-state index contributed by atoms with van der Waals surface area (Å²) in [6, 6.07) is 1.23. The van der Waals surface area contributed by atoms with Crippen molar-refractivity contribution >= 4 is 0 Å². The molecule has 7 heteroatoms. The number of aromatic nitrogens is 2. The van der Waals surface area contributed by atoms with Gasteiger partial charge in [-0.25, -0.2) is 4.79 Å². The topological polar surface area (TPSA) is 93.5 Å². The zero-order chi connectivity index (χ0) is 17.5. The van der Waals surface area contributed by atoms with Crippen molar-refractivity contribution in [2.24, 2.45) is 0 Å². The molecule has 0 aliphatic carbocycles. The van der Waals surface area contributed by atoms with Crippen molar-refractivity contribution in [3.8, 4) is 24.2 Å². The third-order valence-corrected chi connectivity index (χ3v) is 3.68. The van der Waals surface area contributed by atoms with E-state index >= 15 is 0 Å². The summed E-state index contributed by atoms with van der Waals surface area (Å²) in [5, 5.41) is 10.1. The number of hydrogen-bond acceptors (Lipinski definition) is 5. The van der Waals surface area contributed by atoms with Crippen molar-refractivity contribution in [2.75, 3.05) is 6.61 Å². The third-order valence-electron chi connectivity index (χ3n) is 3.68. The molecule has 1 unspecified atom stereocenters. The molecular formula is C17H20N2O5. The van der Waals surface area contributed by atoms with Gasteiger partial charge in [0, 0.05) is 18.7 Å². The maximum atomic E-state index is 11.8. The van der Waals surface area contributed by atoms with Gasteiger partial charge in [-0.3, -0.25) is 14.3 Å².